The highest BCUT2D eigenvalue weighted by Crippen LogP contribution is 2.10. The van der Waals surface area contributed by atoms with Gasteiger partial charge in [-0.3, -0.25) is 0 Å². The molecule has 1 rings (SSSR count). The van der Waals surface area contributed by atoms with Crippen molar-refractivity contribution in [2.75, 3.05) is 6.61 Å². The van der Waals surface area contributed by atoms with Crippen molar-refractivity contribution in [1.82, 2.24) is 5.32 Å². The fourth-order valence-corrected chi connectivity index (χ4v) is 1.12. The summed E-state index contributed by atoms with van der Waals surface area (Å²) < 4.78 is 0. The van der Waals surface area contributed by atoms with Gasteiger partial charge in [0, 0.05) is 12.6 Å². The zero-order valence-electron chi connectivity index (χ0n) is 6.16. The molecular weight excluding hydrogens is 148 g/mol. The average molecular weight is 159 g/mol. The molecule has 5 nitrogen and oxygen atoms in total. The van der Waals surface area contributed by atoms with Crippen LogP contribution in [-0.2, 0) is 4.84 Å². The van der Waals surface area contributed by atoms with Crippen LogP contribution >= 0.6 is 0 Å². The topological polar surface area (TPSA) is 64.4 Å². The molecule has 0 aliphatic carbocycles. The summed E-state index contributed by atoms with van der Waals surface area (Å²) in [6.45, 7) is 2.18. The van der Waals surface area contributed by atoms with Gasteiger partial charge in [0.15, 0.2) is 0 Å². The Labute approximate surface area is 64.8 Å². The maximum absolute atomic E-state index is 9.73. The normalized spacial score (nSPS) is 23.5. The maximum atomic E-state index is 9.73. The van der Waals surface area contributed by atoms with Crippen LogP contribution in [-0.4, -0.2) is 17.7 Å². The Morgan fingerprint density at radius 3 is 3.18 bits per heavy atom. The predicted molar refractivity (Wildman–Crippen MR) is 38.0 cm³/mol. The summed E-state index contributed by atoms with van der Waals surface area (Å²) >= 11 is 0. The van der Waals surface area contributed by atoms with E-state index in [1.165, 1.54) is 0 Å². The van der Waals surface area contributed by atoms with Gasteiger partial charge >= 0.3 is 0 Å². The molecule has 1 N–H and O–H groups in total. The lowest BCUT2D eigenvalue weighted by Gasteiger charge is -2.07. The molecule has 1 aliphatic rings. The maximum Gasteiger partial charge on any atom is 0.294 e. The molecule has 5 heteroatoms. The first-order valence-corrected chi connectivity index (χ1v) is 3.64. The van der Waals surface area contributed by atoms with E-state index in [9.17, 15) is 10.1 Å². The predicted octanol–water partition coefficient (Wildman–Crippen LogP) is 0.499. The van der Waals surface area contributed by atoms with Crippen molar-refractivity contribution in [1.29, 1.82) is 0 Å². The zero-order chi connectivity index (χ0) is 8.10. The van der Waals surface area contributed by atoms with Gasteiger partial charge in [-0.25, -0.2) is 0 Å². The lowest BCUT2D eigenvalue weighted by atomic mass is 10.2. The van der Waals surface area contributed by atoms with Gasteiger partial charge in [0.05, 0.1) is 6.61 Å². The SMILES string of the molecule is O=[N+]([O-])OCCC1CC[CH]N1. The Morgan fingerprint density at radius 2 is 2.64 bits per heavy atom. The van der Waals surface area contributed by atoms with E-state index in [1.807, 2.05) is 6.54 Å². The first-order chi connectivity index (χ1) is 5.29. The second kappa shape index (κ2) is 4.12. The Morgan fingerprint density at radius 1 is 1.82 bits per heavy atom. The Kier molecular flexibility index (Phi) is 3.10. The van der Waals surface area contributed by atoms with E-state index in [-0.39, 0.29) is 6.61 Å². The molecular formula is C6H11N2O3. The van der Waals surface area contributed by atoms with E-state index >= 15 is 0 Å². The minimum absolute atomic E-state index is 0.193. The van der Waals surface area contributed by atoms with Crippen LogP contribution in [0.2, 0.25) is 0 Å². The smallest absolute Gasteiger partial charge is 0.294 e. The van der Waals surface area contributed by atoms with E-state index in [4.69, 9.17) is 0 Å². The van der Waals surface area contributed by atoms with Crippen molar-refractivity contribution in [3.8, 4) is 0 Å². The van der Waals surface area contributed by atoms with Crippen molar-refractivity contribution in [3.05, 3.63) is 16.7 Å². The van der Waals surface area contributed by atoms with Crippen LogP contribution in [0.15, 0.2) is 0 Å². The average Bonchev–Trinajstić information content (AvgIpc) is 2.39. The molecule has 0 amide bonds. The summed E-state index contributed by atoms with van der Waals surface area (Å²) in [5.41, 5.74) is 0. The lowest BCUT2D eigenvalue weighted by Crippen LogP contribution is -2.21. The Balaban J connectivity index is 1.98. The van der Waals surface area contributed by atoms with E-state index in [0.29, 0.717) is 12.5 Å². The highest BCUT2D eigenvalue weighted by molar-refractivity contribution is 4.81. The largest absolute Gasteiger partial charge is 0.314 e. The van der Waals surface area contributed by atoms with Crippen molar-refractivity contribution in [2.24, 2.45) is 0 Å². The molecule has 1 aliphatic heterocycles. The molecule has 11 heavy (non-hydrogen) atoms. The van der Waals surface area contributed by atoms with Gasteiger partial charge in [0.1, 0.15) is 0 Å². The van der Waals surface area contributed by atoms with E-state index in [2.05, 4.69) is 10.2 Å². The number of rotatable bonds is 4. The summed E-state index contributed by atoms with van der Waals surface area (Å²) in [5, 5.41) is 12.1. The Hall–Kier alpha value is -0.840. The standard InChI is InChI=1S/C6H11N2O3/c9-8(10)11-5-3-6-2-1-4-7-6/h4,6-7H,1-3,5H2. The highest BCUT2D eigenvalue weighted by atomic mass is 16.9. The van der Waals surface area contributed by atoms with Crippen LogP contribution < -0.4 is 5.32 Å². The van der Waals surface area contributed by atoms with E-state index < -0.39 is 5.09 Å². The molecule has 0 aromatic rings. The van der Waals surface area contributed by atoms with Crippen LogP contribution in [0.25, 0.3) is 0 Å². The molecule has 1 saturated heterocycles. The molecule has 63 valence electrons. The van der Waals surface area contributed by atoms with Gasteiger partial charge in [-0.05, 0) is 19.3 Å². The second-order valence-corrected chi connectivity index (χ2v) is 2.49. The van der Waals surface area contributed by atoms with E-state index in [1.54, 1.807) is 0 Å². The summed E-state index contributed by atoms with van der Waals surface area (Å²) in [7, 11) is 0. The molecule has 0 saturated carbocycles. The van der Waals surface area contributed by atoms with Crippen LogP contribution in [0.3, 0.4) is 0 Å². The molecule has 0 aromatic carbocycles. The van der Waals surface area contributed by atoms with Crippen molar-refractivity contribution in [3.63, 3.8) is 0 Å². The van der Waals surface area contributed by atoms with Gasteiger partial charge in [-0.1, -0.05) is 0 Å². The molecule has 0 bridgehead atoms. The second-order valence-electron chi connectivity index (χ2n) is 2.49. The summed E-state index contributed by atoms with van der Waals surface area (Å²) in [6.07, 6.45) is 2.81. The Bertz CT molecular complexity index is 134. The van der Waals surface area contributed by atoms with Crippen molar-refractivity contribution in [2.45, 2.75) is 25.3 Å². The summed E-state index contributed by atoms with van der Waals surface area (Å²) in [4.78, 5) is 13.9. The van der Waals surface area contributed by atoms with Crippen molar-refractivity contribution >= 4 is 0 Å². The number of hydrogen-bond acceptors (Lipinski definition) is 4. The minimum atomic E-state index is -0.751. The van der Waals surface area contributed by atoms with Gasteiger partial charge in [-0.15, -0.1) is 10.1 Å². The van der Waals surface area contributed by atoms with Crippen LogP contribution in [0, 0.1) is 16.7 Å². The monoisotopic (exact) mass is 159 g/mol. The molecule has 1 unspecified atom stereocenters. The first-order valence-electron chi connectivity index (χ1n) is 3.64. The number of nitrogens with one attached hydrogen (secondary N) is 1. The number of hydrogen-bond donors (Lipinski definition) is 1. The molecule has 1 atom stereocenters. The van der Waals surface area contributed by atoms with Crippen molar-refractivity contribution < 1.29 is 9.92 Å². The van der Waals surface area contributed by atoms with E-state index in [0.717, 1.165) is 12.8 Å². The quantitative estimate of drug-likeness (QED) is 0.479. The molecule has 0 aromatic heterocycles. The van der Waals surface area contributed by atoms with Gasteiger partial charge in [-0.2, -0.15) is 0 Å². The van der Waals surface area contributed by atoms with Crippen LogP contribution in [0.4, 0.5) is 0 Å². The fourth-order valence-electron chi connectivity index (χ4n) is 1.12. The number of nitrogens with zero attached hydrogens (tertiary/aromatic N) is 1. The third-order valence-electron chi connectivity index (χ3n) is 1.68. The van der Waals surface area contributed by atoms with Crippen LogP contribution in [0.5, 0.6) is 0 Å². The van der Waals surface area contributed by atoms with Crippen LogP contribution in [0.1, 0.15) is 19.3 Å². The minimum Gasteiger partial charge on any atom is -0.314 e. The fraction of sp³-hybridized carbons (Fsp3) is 0.833. The first kappa shape index (κ1) is 8.26. The molecule has 0 spiro atoms. The summed E-state index contributed by atoms with van der Waals surface area (Å²) in [5.74, 6) is 0. The zero-order valence-corrected chi connectivity index (χ0v) is 6.16. The lowest BCUT2D eigenvalue weighted by molar-refractivity contribution is -0.757. The van der Waals surface area contributed by atoms with Gasteiger partial charge in [0.2, 0.25) is 0 Å². The third kappa shape index (κ3) is 3.18. The highest BCUT2D eigenvalue weighted by Gasteiger charge is 2.13. The molecule has 1 fully saturated rings. The van der Waals surface area contributed by atoms with Gasteiger partial charge in [0.25, 0.3) is 5.09 Å². The van der Waals surface area contributed by atoms with Gasteiger partial charge < -0.3 is 10.2 Å². The third-order valence-corrected chi connectivity index (χ3v) is 1.68. The summed E-state index contributed by atoms with van der Waals surface area (Å²) in [6, 6.07) is 0.370. The molecule has 1 radical (unpaired) electrons. The molecule has 1 heterocycles.